The summed E-state index contributed by atoms with van der Waals surface area (Å²) in [5.41, 5.74) is 1.13. The van der Waals surface area contributed by atoms with E-state index in [0.717, 1.165) is 10.6 Å². The summed E-state index contributed by atoms with van der Waals surface area (Å²) in [4.78, 5) is 16.3. The number of nitrogens with zero attached hydrogens (tertiary/aromatic N) is 3. The third-order valence-electron chi connectivity index (χ3n) is 3.77. The number of furan rings is 1. The standard InChI is InChI=1S/C15H15BrN4O4S/c1-17-14(21)13-9-6-10(16)11(19(2)25(3,22)23)7-12(9)24-15(13)20-5-4-18-8-20/h4-8H,1-3H3,(H,17,21). The Kier molecular flexibility index (Phi) is 4.33. The minimum atomic E-state index is -3.45. The van der Waals surface area contributed by atoms with Crippen molar-refractivity contribution in [1.29, 1.82) is 0 Å². The van der Waals surface area contributed by atoms with Crippen molar-refractivity contribution in [2.24, 2.45) is 0 Å². The number of fused-ring (bicyclic) bond motifs is 1. The Labute approximate surface area is 152 Å². The molecular formula is C15H15BrN4O4S. The number of aromatic nitrogens is 2. The first-order valence-corrected chi connectivity index (χ1v) is 9.78. The number of rotatable bonds is 4. The lowest BCUT2D eigenvalue weighted by Gasteiger charge is -2.18. The van der Waals surface area contributed by atoms with Crippen LogP contribution in [0.1, 0.15) is 10.4 Å². The van der Waals surface area contributed by atoms with Crippen molar-refractivity contribution in [3.8, 4) is 5.88 Å². The van der Waals surface area contributed by atoms with Crippen LogP contribution in [0.2, 0.25) is 0 Å². The molecule has 10 heteroatoms. The van der Waals surface area contributed by atoms with Gasteiger partial charge in [0, 0.05) is 42.4 Å². The van der Waals surface area contributed by atoms with Gasteiger partial charge >= 0.3 is 0 Å². The van der Waals surface area contributed by atoms with Crippen molar-refractivity contribution < 1.29 is 17.6 Å². The average molecular weight is 427 g/mol. The number of benzene rings is 1. The molecule has 0 radical (unpaired) electrons. The van der Waals surface area contributed by atoms with Gasteiger partial charge in [-0.3, -0.25) is 13.7 Å². The fraction of sp³-hybridized carbons (Fsp3) is 0.200. The van der Waals surface area contributed by atoms with E-state index in [1.807, 2.05) is 0 Å². The Hall–Kier alpha value is -2.33. The van der Waals surface area contributed by atoms with Crippen LogP contribution in [0.5, 0.6) is 0 Å². The van der Waals surface area contributed by atoms with Gasteiger partial charge in [-0.25, -0.2) is 13.4 Å². The predicted molar refractivity (Wildman–Crippen MR) is 97.7 cm³/mol. The third-order valence-corrected chi connectivity index (χ3v) is 5.60. The number of carbonyl (C=O) groups is 1. The molecule has 0 fully saturated rings. The lowest BCUT2D eigenvalue weighted by molar-refractivity contribution is 0.0964. The smallest absolute Gasteiger partial charge is 0.257 e. The Balaban J connectivity index is 2.31. The van der Waals surface area contributed by atoms with Gasteiger partial charge in [0.15, 0.2) is 0 Å². The molecule has 2 heterocycles. The number of halogens is 1. The number of hydrogen-bond acceptors (Lipinski definition) is 5. The van der Waals surface area contributed by atoms with E-state index in [9.17, 15) is 13.2 Å². The highest BCUT2D eigenvalue weighted by Crippen LogP contribution is 2.37. The molecule has 3 rings (SSSR count). The second-order valence-electron chi connectivity index (χ2n) is 5.36. The summed E-state index contributed by atoms with van der Waals surface area (Å²) in [6, 6.07) is 3.24. The second-order valence-corrected chi connectivity index (χ2v) is 8.23. The zero-order chi connectivity index (χ0) is 18.4. The summed E-state index contributed by atoms with van der Waals surface area (Å²) in [6.07, 6.45) is 5.85. The number of sulfonamides is 1. The number of carbonyl (C=O) groups excluding carboxylic acids is 1. The minimum absolute atomic E-state index is 0.304. The van der Waals surface area contributed by atoms with Crippen molar-refractivity contribution >= 4 is 48.5 Å². The summed E-state index contributed by atoms with van der Waals surface area (Å²) in [7, 11) is -0.475. The summed E-state index contributed by atoms with van der Waals surface area (Å²) < 4.78 is 32.7. The molecule has 0 saturated heterocycles. The largest absolute Gasteiger partial charge is 0.439 e. The van der Waals surface area contributed by atoms with E-state index in [1.54, 1.807) is 29.1 Å². The molecule has 0 atom stereocenters. The van der Waals surface area contributed by atoms with Gasteiger partial charge in [-0.1, -0.05) is 0 Å². The topological polar surface area (TPSA) is 97.4 Å². The first-order chi connectivity index (χ1) is 11.7. The fourth-order valence-electron chi connectivity index (χ4n) is 2.42. The highest BCUT2D eigenvalue weighted by atomic mass is 79.9. The molecule has 1 aromatic carbocycles. The molecular weight excluding hydrogens is 412 g/mol. The molecule has 132 valence electrons. The van der Waals surface area contributed by atoms with Gasteiger partial charge in [-0.05, 0) is 22.0 Å². The zero-order valence-electron chi connectivity index (χ0n) is 13.6. The van der Waals surface area contributed by atoms with Crippen LogP contribution in [-0.4, -0.2) is 44.2 Å². The van der Waals surface area contributed by atoms with Crippen molar-refractivity contribution in [3.63, 3.8) is 0 Å². The number of hydrogen-bond donors (Lipinski definition) is 1. The molecule has 0 unspecified atom stereocenters. The van der Waals surface area contributed by atoms with Crippen molar-refractivity contribution in [3.05, 3.63) is 40.9 Å². The molecule has 0 spiro atoms. The van der Waals surface area contributed by atoms with Gasteiger partial charge in [0.25, 0.3) is 5.91 Å². The molecule has 0 saturated carbocycles. The summed E-state index contributed by atoms with van der Waals surface area (Å²) in [5, 5.41) is 3.14. The van der Waals surface area contributed by atoms with E-state index < -0.39 is 10.0 Å². The van der Waals surface area contributed by atoms with E-state index >= 15 is 0 Å². The summed E-state index contributed by atoms with van der Waals surface area (Å²) in [6.45, 7) is 0. The maximum atomic E-state index is 12.4. The van der Waals surface area contributed by atoms with Crippen molar-refractivity contribution in [1.82, 2.24) is 14.9 Å². The van der Waals surface area contributed by atoms with Crippen LogP contribution in [0.15, 0.2) is 39.7 Å². The van der Waals surface area contributed by atoms with Gasteiger partial charge in [0.05, 0.1) is 11.9 Å². The van der Waals surface area contributed by atoms with Gasteiger partial charge in [-0.2, -0.15) is 0 Å². The van der Waals surface area contributed by atoms with Crippen LogP contribution in [0.3, 0.4) is 0 Å². The highest BCUT2D eigenvalue weighted by Gasteiger charge is 2.24. The van der Waals surface area contributed by atoms with E-state index in [-0.39, 0.29) is 5.91 Å². The summed E-state index contributed by atoms with van der Waals surface area (Å²) >= 11 is 3.38. The molecule has 3 aromatic rings. The van der Waals surface area contributed by atoms with Crippen LogP contribution in [0.4, 0.5) is 5.69 Å². The number of nitrogens with one attached hydrogen (secondary N) is 1. The van der Waals surface area contributed by atoms with E-state index in [2.05, 4.69) is 26.2 Å². The lowest BCUT2D eigenvalue weighted by atomic mass is 10.1. The maximum Gasteiger partial charge on any atom is 0.257 e. The molecule has 0 aliphatic carbocycles. The van der Waals surface area contributed by atoms with E-state index in [0.29, 0.717) is 32.6 Å². The lowest BCUT2D eigenvalue weighted by Crippen LogP contribution is -2.25. The fourth-order valence-corrected chi connectivity index (χ4v) is 3.65. The Morgan fingerprint density at radius 2 is 2.12 bits per heavy atom. The maximum absolute atomic E-state index is 12.4. The van der Waals surface area contributed by atoms with Gasteiger partial charge in [0.2, 0.25) is 15.9 Å². The zero-order valence-corrected chi connectivity index (χ0v) is 16.1. The normalized spacial score (nSPS) is 11.7. The van der Waals surface area contributed by atoms with E-state index in [4.69, 9.17) is 4.42 Å². The molecule has 0 bridgehead atoms. The van der Waals surface area contributed by atoms with Crippen molar-refractivity contribution in [2.75, 3.05) is 24.7 Å². The first-order valence-electron chi connectivity index (χ1n) is 7.14. The van der Waals surface area contributed by atoms with Gasteiger partial charge in [-0.15, -0.1) is 0 Å². The van der Waals surface area contributed by atoms with Crippen LogP contribution in [-0.2, 0) is 10.0 Å². The molecule has 25 heavy (non-hydrogen) atoms. The average Bonchev–Trinajstić information content (AvgIpc) is 3.18. The van der Waals surface area contributed by atoms with Crippen LogP contribution < -0.4 is 9.62 Å². The number of amides is 1. The molecule has 0 aliphatic heterocycles. The Morgan fingerprint density at radius 3 is 2.68 bits per heavy atom. The van der Waals surface area contributed by atoms with E-state index in [1.165, 1.54) is 20.4 Å². The molecule has 8 nitrogen and oxygen atoms in total. The summed E-state index contributed by atoms with van der Waals surface area (Å²) in [5.74, 6) is -0.0172. The molecule has 2 aromatic heterocycles. The number of anilines is 1. The minimum Gasteiger partial charge on any atom is -0.439 e. The third kappa shape index (κ3) is 3.02. The monoisotopic (exact) mass is 426 g/mol. The van der Waals surface area contributed by atoms with Gasteiger partial charge in [0.1, 0.15) is 17.5 Å². The second kappa shape index (κ2) is 6.19. The molecule has 0 aliphatic rings. The SMILES string of the molecule is CNC(=O)c1c(-n2ccnc2)oc2cc(N(C)S(C)(=O)=O)c(Br)cc12. The van der Waals surface area contributed by atoms with Gasteiger partial charge < -0.3 is 9.73 Å². The highest BCUT2D eigenvalue weighted by molar-refractivity contribution is 9.10. The number of imidazole rings is 1. The van der Waals surface area contributed by atoms with Crippen LogP contribution in [0.25, 0.3) is 16.9 Å². The first kappa shape index (κ1) is 17.5. The predicted octanol–water partition coefficient (Wildman–Crippen LogP) is 2.14. The van der Waals surface area contributed by atoms with Crippen LogP contribution >= 0.6 is 15.9 Å². The quantitative estimate of drug-likeness (QED) is 0.688. The Bertz CT molecular complexity index is 1060. The molecule has 1 amide bonds. The van der Waals surface area contributed by atoms with Crippen molar-refractivity contribution in [2.45, 2.75) is 0 Å². The van der Waals surface area contributed by atoms with Crippen LogP contribution in [0, 0.1) is 0 Å². The molecule has 1 N–H and O–H groups in total. The Morgan fingerprint density at radius 1 is 1.40 bits per heavy atom.